The van der Waals surface area contributed by atoms with Crippen molar-refractivity contribution in [1.29, 1.82) is 0 Å². The number of likely N-dealkylation sites (tertiary alicyclic amines) is 1. The molecular weight excluding hydrogens is 316 g/mol. The van der Waals surface area contributed by atoms with Crippen LogP contribution in [0.25, 0.3) is 0 Å². The zero-order valence-corrected chi connectivity index (χ0v) is 12.9. The number of aliphatic hydroxyl groups excluding tert-OH is 3. The Morgan fingerprint density at radius 1 is 1.42 bits per heavy atom. The summed E-state index contributed by atoms with van der Waals surface area (Å²) in [5.41, 5.74) is 0.660. The molecule has 24 heavy (non-hydrogen) atoms. The molecule has 0 amide bonds. The third-order valence-corrected chi connectivity index (χ3v) is 4.60. The average Bonchev–Trinajstić information content (AvgIpc) is 3.10. The van der Waals surface area contributed by atoms with Crippen molar-refractivity contribution in [3.63, 3.8) is 0 Å². The van der Waals surface area contributed by atoms with E-state index >= 15 is 0 Å². The molecule has 6 atom stereocenters. The smallest absolute Gasteiger partial charge is 0.292 e. The molecule has 3 heterocycles. The van der Waals surface area contributed by atoms with Gasteiger partial charge in [0.2, 0.25) is 0 Å². The molecule has 3 rings (SSSR count). The van der Waals surface area contributed by atoms with Gasteiger partial charge in [-0.05, 0) is 32.4 Å². The molecule has 8 heteroatoms. The summed E-state index contributed by atoms with van der Waals surface area (Å²) in [6.45, 7) is -1.82. The summed E-state index contributed by atoms with van der Waals surface area (Å²) in [5.74, 6) is -1.71. The molecule has 132 valence electrons. The topological polar surface area (TPSA) is 117 Å². The Bertz CT molecular complexity index is 703. The second-order valence-electron chi connectivity index (χ2n) is 6.17. The zero-order valence-electron chi connectivity index (χ0n) is 15.9. The van der Waals surface area contributed by atoms with Crippen LogP contribution < -0.4 is 9.67 Å². The van der Waals surface area contributed by atoms with Crippen molar-refractivity contribution >= 4 is 5.97 Å². The standard InChI is InChI=1S/C16H22N2O6/c1-17-6-3-5-10(17)9-4-2-7-18(8-9)15-13(21)11(19)12(20)14(24-15)16(22)23/h2,4,7-8,10-15,19-21H,3,5-6H2,1H3/t10?,11-,12-,13+,14-,15+/m0/s1/i1D3. The van der Waals surface area contributed by atoms with Crippen LogP contribution in [0.1, 0.15) is 34.8 Å². The lowest BCUT2D eigenvalue weighted by molar-refractivity contribution is -0.777. The van der Waals surface area contributed by atoms with E-state index in [-0.39, 0.29) is 6.04 Å². The molecule has 2 aliphatic rings. The van der Waals surface area contributed by atoms with Crippen LogP contribution in [0.3, 0.4) is 0 Å². The summed E-state index contributed by atoms with van der Waals surface area (Å²) >= 11 is 0. The third kappa shape index (κ3) is 3.03. The van der Waals surface area contributed by atoms with Gasteiger partial charge < -0.3 is 30.0 Å². The Kier molecular flexibility index (Phi) is 3.84. The van der Waals surface area contributed by atoms with E-state index in [1.165, 1.54) is 15.7 Å². The Morgan fingerprint density at radius 2 is 2.21 bits per heavy atom. The average molecular weight is 341 g/mol. The van der Waals surface area contributed by atoms with Gasteiger partial charge in [0.1, 0.15) is 18.3 Å². The van der Waals surface area contributed by atoms with Crippen LogP contribution >= 0.6 is 0 Å². The van der Waals surface area contributed by atoms with Crippen LogP contribution in [0.4, 0.5) is 0 Å². The van der Waals surface area contributed by atoms with Crippen molar-refractivity contribution in [2.75, 3.05) is 13.5 Å². The van der Waals surface area contributed by atoms with Gasteiger partial charge in [-0.3, -0.25) is 4.90 Å². The van der Waals surface area contributed by atoms with Gasteiger partial charge in [0.05, 0.1) is 5.97 Å². The summed E-state index contributed by atoms with van der Waals surface area (Å²) < 4.78 is 29.6. The van der Waals surface area contributed by atoms with E-state index in [1.54, 1.807) is 18.3 Å². The molecule has 8 nitrogen and oxygen atoms in total. The van der Waals surface area contributed by atoms with E-state index in [4.69, 9.17) is 8.85 Å². The summed E-state index contributed by atoms with van der Waals surface area (Å²) in [6.07, 6.45) is -3.83. The maximum atomic E-state index is 11.2. The number of aliphatic carboxylic acids is 1. The van der Waals surface area contributed by atoms with Gasteiger partial charge in [-0.15, -0.1) is 0 Å². The van der Waals surface area contributed by atoms with Crippen molar-refractivity contribution < 1.29 is 38.6 Å². The van der Waals surface area contributed by atoms with Crippen molar-refractivity contribution in [2.24, 2.45) is 0 Å². The van der Waals surface area contributed by atoms with Crippen molar-refractivity contribution in [3.05, 3.63) is 30.1 Å². The third-order valence-electron chi connectivity index (χ3n) is 4.60. The van der Waals surface area contributed by atoms with Crippen molar-refractivity contribution in [3.8, 4) is 0 Å². The number of carboxylic acids is 1. The second kappa shape index (κ2) is 6.73. The van der Waals surface area contributed by atoms with Gasteiger partial charge in [0.25, 0.3) is 6.23 Å². The number of hydrogen-bond donors (Lipinski definition) is 3. The minimum atomic E-state index is -2.25. The lowest BCUT2D eigenvalue weighted by atomic mass is 9.97. The van der Waals surface area contributed by atoms with Gasteiger partial charge in [-0.2, -0.15) is 4.57 Å². The minimum Gasteiger partial charge on any atom is -0.547 e. The summed E-state index contributed by atoms with van der Waals surface area (Å²) in [5, 5.41) is 41.1. The fourth-order valence-electron chi connectivity index (χ4n) is 3.28. The molecule has 0 bridgehead atoms. The van der Waals surface area contributed by atoms with Gasteiger partial charge >= 0.3 is 0 Å². The van der Waals surface area contributed by atoms with Crippen molar-refractivity contribution in [2.45, 2.75) is 49.5 Å². The second-order valence-corrected chi connectivity index (χ2v) is 6.17. The molecule has 3 N–H and O–H groups in total. The number of carbonyl (C=O) groups is 1. The molecule has 2 fully saturated rings. The maximum Gasteiger partial charge on any atom is 0.292 e. The number of ether oxygens (including phenoxy) is 1. The van der Waals surface area contributed by atoms with Gasteiger partial charge in [-0.25, -0.2) is 0 Å². The summed E-state index contributed by atoms with van der Waals surface area (Å²) in [7, 11) is 0. The highest BCUT2D eigenvalue weighted by atomic mass is 16.6. The molecule has 0 saturated carbocycles. The first-order valence-corrected chi connectivity index (χ1v) is 7.79. The van der Waals surface area contributed by atoms with Crippen LogP contribution in [0.5, 0.6) is 0 Å². The van der Waals surface area contributed by atoms with Crippen molar-refractivity contribution in [1.82, 2.24) is 4.90 Å². The highest BCUT2D eigenvalue weighted by Gasteiger charge is 2.48. The first-order valence-electron chi connectivity index (χ1n) is 9.29. The summed E-state index contributed by atoms with van der Waals surface area (Å²) in [4.78, 5) is 12.6. The number of carbonyl (C=O) groups excluding carboxylic acids is 1. The van der Waals surface area contributed by atoms with Gasteiger partial charge in [-0.1, -0.05) is 0 Å². The highest BCUT2D eigenvalue weighted by Crippen LogP contribution is 2.30. The zero-order chi connectivity index (χ0) is 19.9. The number of nitrogens with zero attached hydrogens (tertiary/aromatic N) is 2. The number of pyridine rings is 1. The molecule has 0 aliphatic carbocycles. The van der Waals surface area contributed by atoms with Gasteiger partial charge in [0, 0.05) is 21.8 Å². The number of hydrogen-bond acceptors (Lipinski definition) is 7. The quantitative estimate of drug-likeness (QED) is 0.519. The normalized spacial score (nSPS) is 39.9. The molecule has 2 aliphatic heterocycles. The SMILES string of the molecule is [2H]C([2H])([2H])N1CCCC1c1ccc[n+]([C@@H]2O[C@H](C(=O)[O-])[C@@H](O)[C@H](O)[C@H]2O)c1. The predicted molar refractivity (Wildman–Crippen MR) is 78.2 cm³/mol. The predicted octanol–water partition coefficient (Wildman–Crippen LogP) is -2.53. The van der Waals surface area contributed by atoms with E-state index in [9.17, 15) is 25.2 Å². The van der Waals surface area contributed by atoms with Crippen LogP contribution in [0.2, 0.25) is 0 Å². The number of aromatic nitrogens is 1. The monoisotopic (exact) mass is 341 g/mol. The van der Waals surface area contributed by atoms with Crippen LogP contribution in [-0.2, 0) is 9.53 Å². The van der Waals surface area contributed by atoms with E-state index < -0.39 is 43.6 Å². The first kappa shape index (κ1) is 13.7. The summed E-state index contributed by atoms with van der Waals surface area (Å²) in [6, 6.07) is 2.99. The Morgan fingerprint density at radius 3 is 2.92 bits per heavy atom. The Hall–Kier alpha value is -1.58. The lowest BCUT2D eigenvalue weighted by Crippen LogP contribution is -2.65. The highest BCUT2D eigenvalue weighted by molar-refractivity contribution is 5.71. The lowest BCUT2D eigenvalue weighted by Gasteiger charge is -2.37. The number of carboxylic acid groups (broad SMARTS) is 1. The number of aliphatic hydroxyl groups is 3. The molecule has 1 aromatic heterocycles. The van der Waals surface area contributed by atoms with E-state index in [2.05, 4.69) is 0 Å². The Labute approximate surface area is 143 Å². The molecule has 2 saturated heterocycles. The fraction of sp³-hybridized carbons (Fsp3) is 0.625. The minimum absolute atomic E-state index is 0.363. The maximum absolute atomic E-state index is 11.2. The Balaban J connectivity index is 1.90. The van der Waals surface area contributed by atoms with Gasteiger partial charge in [0.15, 0.2) is 18.5 Å². The largest absolute Gasteiger partial charge is 0.547 e. The van der Waals surface area contributed by atoms with Crippen LogP contribution in [-0.4, -0.2) is 64.1 Å². The van der Waals surface area contributed by atoms with E-state index in [1.807, 2.05) is 0 Å². The molecule has 1 unspecified atom stereocenters. The molecule has 0 radical (unpaired) electrons. The van der Waals surface area contributed by atoms with Crippen LogP contribution in [0, 0.1) is 0 Å². The van der Waals surface area contributed by atoms with Crippen LogP contribution in [0.15, 0.2) is 24.5 Å². The fourth-order valence-corrected chi connectivity index (χ4v) is 3.28. The van der Waals surface area contributed by atoms with E-state index in [0.29, 0.717) is 18.5 Å². The number of rotatable bonds is 3. The molecule has 0 aromatic carbocycles. The molecule has 0 spiro atoms. The first-order chi connectivity index (χ1) is 12.6. The molecular formula is C16H22N2O6. The van der Waals surface area contributed by atoms with E-state index in [0.717, 1.165) is 6.42 Å². The molecule has 1 aromatic rings.